The Hall–Kier alpha value is -1.06. The van der Waals surface area contributed by atoms with Crippen LogP contribution in [0.2, 0.25) is 0 Å². The van der Waals surface area contributed by atoms with Crippen molar-refractivity contribution in [3.05, 3.63) is 0 Å². The predicted molar refractivity (Wildman–Crippen MR) is 100 cm³/mol. The van der Waals surface area contributed by atoms with Gasteiger partial charge in [-0.15, -0.1) is 0 Å². The van der Waals surface area contributed by atoms with Gasteiger partial charge in [0.15, 0.2) is 0 Å². The van der Waals surface area contributed by atoms with Crippen molar-refractivity contribution in [3.8, 4) is 0 Å². The fourth-order valence-electron chi connectivity index (χ4n) is 2.53. The molecule has 0 aromatic heterocycles. The maximum Gasteiger partial charge on any atom is 0.303 e. The molecule has 0 amide bonds. The van der Waals surface area contributed by atoms with Crippen LogP contribution in [0.1, 0.15) is 94.4 Å². The molecule has 0 bridgehead atoms. The van der Waals surface area contributed by atoms with E-state index >= 15 is 0 Å². The van der Waals surface area contributed by atoms with Gasteiger partial charge in [-0.1, -0.05) is 68.2 Å². The molecule has 4 heteroatoms. The summed E-state index contributed by atoms with van der Waals surface area (Å²) in [6.45, 7) is 18.3. The van der Waals surface area contributed by atoms with E-state index in [1.165, 1.54) is 6.92 Å². The van der Waals surface area contributed by atoms with Crippen molar-refractivity contribution in [1.29, 1.82) is 0 Å². The molecule has 0 fully saturated rings. The minimum Gasteiger partial charge on any atom is -0.481 e. The summed E-state index contributed by atoms with van der Waals surface area (Å²) in [6.07, 6.45) is 4.43. The molecular formula is C20H40O4. The van der Waals surface area contributed by atoms with E-state index in [0.717, 1.165) is 25.7 Å². The lowest BCUT2D eigenvalue weighted by Crippen LogP contribution is -2.30. The van der Waals surface area contributed by atoms with Crippen molar-refractivity contribution in [2.24, 2.45) is 16.7 Å². The van der Waals surface area contributed by atoms with Crippen LogP contribution in [0.4, 0.5) is 0 Å². The highest BCUT2D eigenvalue weighted by Crippen LogP contribution is 2.32. The maximum absolute atomic E-state index is 10.8. The standard InChI is InChI=1S/2C10H20O2/c1-6-7-9(10(3,4)5)12-8(2)11;1-5-6-8(7-9(11)12)10(2,3)4/h9H,6-7H2,1-5H3;8H,5-7H2,1-4H3,(H,11,12). The van der Waals surface area contributed by atoms with E-state index in [2.05, 4.69) is 55.4 Å². The Labute approximate surface area is 149 Å². The number of hydrogen-bond acceptors (Lipinski definition) is 3. The second-order valence-electron chi connectivity index (χ2n) is 8.70. The van der Waals surface area contributed by atoms with Crippen LogP contribution in [0.3, 0.4) is 0 Å². The van der Waals surface area contributed by atoms with E-state index in [0.29, 0.717) is 12.3 Å². The van der Waals surface area contributed by atoms with Crippen molar-refractivity contribution in [3.63, 3.8) is 0 Å². The smallest absolute Gasteiger partial charge is 0.303 e. The first-order valence-corrected chi connectivity index (χ1v) is 9.14. The Balaban J connectivity index is 0. The molecule has 0 saturated heterocycles. The predicted octanol–water partition coefficient (Wildman–Crippen LogP) is 5.69. The molecule has 0 aliphatic rings. The summed E-state index contributed by atoms with van der Waals surface area (Å²) in [4.78, 5) is 21.3. The van der Waals surface area contributed by atoms with Crippen molar-refractivity contribution >= 4 is 11.9 Å². The summed E-state index contributed by atoms with van der Waals surface area (Å²) in [7, 11) is 0. The number of esters is 1. The van der Waals surface area contributed by atoms with Crippen LogP contribution in [-0.4, -0.2) is 23.1 Å². The third kappa shape index (κ3) is 13.4. The molecule has 2 atom stereocenters. The van der Waals surface area contributed by atoms with Crippen molar-refractivity contribution < 1.29 is 19.4 Å². The molecule has 0 aliphatic carbocycles. The van der Waals surface area contributed by atoms with Gasteiger partial charge in [0, 0.05) is 13.3 Å². The molecule has 0 saturated carbocycles. The lowest BCUT2D eigenvalue weighted by Gasteiger charge is -2.29. The molecule has 144 valence electrons. The number of hydrogen-bond donors (Lipinski definition) is 1. The molecule has 0 spiro atoms. The minimum absolute atomic E-state index is 0.0556. The van der Waals surface area contributed by atoms with E-state index in [-0.39, 0.29) is 22.9 Å². The summed E-state index contributed by atoms with van der Waals surface area (Å²) in [5, 5.41) is 8.67. The van der Waals surface area contributed by atoms with Crippen LogP contribution in [-0.2, 0) is 14.3 Å². The molecule has 0 rings (SSSR count). The Morgan fingerprint density at radius 3 is 1.62 bits per heavy atom. The highest BCUT2D eigenvalue weighted by molar-refractivity contribution is 5.67. The molecule has 0 aromatic rings. The summed E-state index contributed by atoms with van der Waals surface area (Å²) in [5.74, 6) is -0.549. The molecule has 24 heavy (non-hydrogen) atoms. The van der Waals surface area contributed by atoms with Crippen LogP contribution in [0.5, 0.6) is 0 Å². The zero-order valence-electron chi connectivity index (χ0n) is 17.4. The Morgan fingerprint density at radius 1 is 0.917 bits per heavy atom. The average molecular weight is 345 g/mol. The Morgan fingerprint density at radius 2 is 1.38 bits per heavy atom. The highest BCUT2D eigenvalue weighted by atomic mass is 16.5. The van der Waals surface area contributed by atoms with Crippen LogP contribution in [0, 0.1) is 16.7 Å². The number of carbonyl (C=O) groups excluding carboxylic acids is 1. The topological polar surface area (TPSA) is 63.6 Å². The van der Waals surface area contributed by atoms with Crippen LogP contribution < -0.4 is 0 Å². The van der Waals surface area contributed by atoms with Gasteiger partial charge in [0.1, 0.15) is 6.10 Å². The van der Waals surface area contributed by atoms with Gasteiger partial charge in [0.25, 0.3) is 0 Å². The van der Waals surface area contributed by atoms with Crippen molar-refractivity contribution in [2.45, 2.75) is 101 Å². The second kappa shape index (κ2) is 11.5. The number of rotatable bonds is 7. The quantitative estimate of drug-likeness (QED) is 0.603. The Kier molecular flexibility index (Phi) is 12.1. The number of ether oxygens (including phenoxy) is 1. The second-order valence-corrected chi connectivity index (χ2v) is 8.70. The lowest BCUT2D eigenvalue weighted by molar-refractivity contribution is -0.152. The molecule has 0 aliphatic heterocycles. The van der Waals surface area contributed by atoms with E-state index < -0.39 is 5.97 Å². The molecule has 0 radical (unpaired) electrons. The zero-order chi connectivity index (χ0) is 19.6. The largest absolute Gasteiger partial charge is 0.481 e. The van der Waals surface area contributed by atoms with E-state index in [4.69, 9.17) is 9.84 Å². The van der Waals surface area contributed by atoms with E-state index in [1.54, 1.807) is 0 Å². The summed E-state index contributed by atoms with van der Waals surface area (Å²) in [5.41, 5.74) is 0.177. The van der Waals surface area contributed by atoms with Gasteiger partial charge in [-0.3, -0.25) is 9.59 Å². The fourth-order valence-corrected chi connectivity index (χ4v) is 2.53. The maximum atomic E-state index is 10.8. The summed E-state index contributed by atoms with van der Waals surface area (Å²) >= 11 is 0. The van der Waals surface area contributed by atoms with Crippen LogP contribution in [0.25, 0.3) is 0 Å². The van der Waals surface area contributed by atoms with Gasteiger partial charge in [-0.2, -0.15) is 0 Å². The monoisotopic (exact) mass is 344 g/mol. The summed E-state index contributed by atoms with van der Waals surface area (Å²) < 4.78 is 5.22. The van der Waals surface area contributed by atoms with Gasteiger partial charge in [-0.05, 0) is 29.6 Å². The molecular weight excluding hydrogens is 304 g/mol. The van der Waals surface area contributed by atoms with Crippen molar-refractivity contribution in [2.75, 3.05) is 0 Å². The minimum atomic E-state index is -0.677. The molecule has 0 aromatic carbocycles. The Bertz CT molecular complexity index is 325. The summed E-state index contributed by atoms with van der Waals surface area (Å²) in [6, 6.07) is 0. The fraction of sp³-hybridized carbons (Fsp3) is 0.900. The SMILES string of the molecule is CCCC(CC(=O)O)C(C)(C)C.CCCC(OC(C)=O)C(C)(C)C. The van der Waals surface area contributed by atoms with Gasteiger partial charge in [-0.25, -0.2) is 0 Å². The molecule has 2 unspecified atom stereocenters. The van der Waals surface area contributed by atoms with Gasteiger partial charge in [0.2, 0.25) is 0 Å². The first kappa shape index (κ1) is 25.2. The highest BCUT2D eigenvalue weighted by Gasteiger charge is 2.26. The van der Waals surface area contributed by atoms with Gasteiger partial charge in [0.05, 0.1) is 0 Å². The third-order valence-electron chi connectivity index (χ3n) is 4.11. The number of carboxylic acids is 1. The van der Waals surface area contributed by atoms with Gasteiger partial charge >= 0.3 is 11.9 Å². The first-order chi connectivity index (χ1) is 10.8. The lowest BCUT2D eigenvalue weighted by atomic mass is 9.76. The number of carbonyl (C=O) groups is 2. The van der Waals surface area contributed by atoms with Gasteiger partial charge < -0.3 is 9.84 Å². The van der Waals surface area contributed by atoms with E-state index in [1.807, 2.05) is 0 Å². The number of aliphatic carboxylic acids is 1. The molecule has 0 heterocycles. The van der Waals surface area contributed by atoms with E-state index in [9.17, 15) is 9.59 Å². The molecule has 1 N–H and O–H groups in total. The zero-order valence-corrected chi connectivity index (χ0v) is 17.4. The van der Waals surface area contributed by atoms with Crippen LogP contribution in [0.15, 0.2) is 0 Å². The molecule has 4 nitrogen and oxygen atoms in total. The first-order valence-electron chi connectivity index (χ1n) is 9.14. The third-order valence-corrected chi connectivity index (χ3v) is 4.11. The van der Waals surface area contributed by atoms with Crippen molar-refractivity contribution in [1.82, 2.24) is 0 Å². The number of carboxylic acid groups (broad SMARTS) is 1. The normalized spacial score (nSPS) is 14.2. The average Bonchev–Trinajstić information content (AvgIpc) is 2.35. The van der Waals surface area contributed by atoms with Crippen LogP contribution >= 0.6 is 0 Å².